The molecule has 0 aliphatic heterocycles. The first kappa shape index (κ1) is 21.3. The first-order chi connectivity index (χ1) is 13.4. The highest BCUT2D eigenvalue weighted by Gasteiger charge is 2.12. The van der Waals surface area contributed by atoms with Crippen LogP contribution in [0.5, 0.6) is 0 Å². The molecule has 0 aliphatic carbocycles. The number of halogens is 2. The predicted molar refractivity (Wildman–Crippen MR) is 107 cm³/mol. The van der Waals surface area contributed by atoms with Crippen molar-refractivity contribution in [1.29, 1.82) is 0 Å². The number of rotatable bonds is 8. The first-order valence-electron chi connectivity index (χ1n) is 8.34. The SMILES string of the molecule is CN(/N=C(\C=C(/C=O)C(=O)NCCO)c1ccc(Cl)cc1)c1cccc(F)c1. The van der Waals surface area contributed by atoms with Gasteiger partial charge in [-0.3, -0.25) is 14.6 Å². The summed E-state index contributed by atoms with van der Waals surface area (Å²) in [5, 5.41) is 17.6. The van der Waals surface area contributed by atoms with Crippen molar-refractivity contribution in [2.24, 2.45) is 5.10 Å². The van der Waals surface area contributed by atoms with Gasteiger partial charge in [0.25, 0.3) is 5.91 Å². The van der Waals surface area contributed by atoms with E-state index in [0.29, 0.717) is 28.3 Å². The summed E-state index contributed by atoms with van der Waals surface area (Å²) in [6.07, 6.45) is 1.72. The number of amides is 1. The summed E-state index contributed by atoms with van der Waals surface area (Å²) in [4.78, 5) is 23.5. The van der Waals surface area contributed by atoms with E-state index in [4.69, 9.17) is 16.7 Å². The topological polar surface area (TPSA) is 82.0 Å². The van der Waals surface area contributed by atoms with Gasteiger partial charge in [-0.15, -0.1) is 0 Å². The van der Waals surface area contributed by atoms with Crippen LogP contribution >= 0.6 is 11.6 Å². The van der Waals surface area contributed by atoms with Crippen molar-refractivity contribution in [3.8, 4) is 0 Å². The van der Waals surface area contributed by atoms with Crippen molar-refractivity contribution in [2.45, 2.75) is 0 Å². The van der Waals surface area contributed by atoms with Crippen LogP contribution in [-0.4, -0.2) is 43.2 Å². The zero-order valence-corrected chi connectivity index (χ0v) is 15.9. The van der Waals surface area contributed by atoms with Crippen LogP contribution in [0.3, 0.4) is 0 Å². The van der Waals surface area contributed by atoms with E-state index in [9.17, 15) is 14.0 Å². The van der Waals surface area contributed by atoms with E-state index in [1.165, 1.54) is 23.2 Å². The Hall–Kier alpha value is -3.03. The molecule has 6 nitrogen and oxygen atoms in total. The van der Waals surface area contributed by atoms with Crippen molar-refractivity contribution in [3.63, 3.8) is 0 Å². The number of benzene rings is 2. The molecule has 2 N–H and O–H groups in total. The maximum absolute atomic E-state index is 13.5. The van der Waals surface area contributed by atoms with Crippen molar-refractivity contribution < 1.29 is 19.1 Å². The van der Waals surface area contributed by atoms with Crippen LogP contribution in [0.2, 0.25) is 5.02 Å². The molecule has 0 radical (unpaired) electrons. The highest BCUT2D eigenvalue weighted by atomic mass is 35.5. The monoisotopic (exact) mass is 403 g/mol. The number of anilines is 1. The molecule has 0 unspecified atom stereocenters. The Kier molecular flexibility index (Phi) is 7.86. The minimum absolute atomic E-state index is 0.0145. The Morgan fingerprint density at radius 2 is 2.00 bits per heavy atom. The van der Waals surface area contributed by atoms with Gasteiger partial charge in [-0.25, -0.2) is 4.39 Å². The summed E-state index contributed by atoms with van der Waals surface area (Å²) in [5.41, 5.74) is 1.21. The number of carbonyl (C=O) groups is 2. The molecule has 1 amide bonds. The number of aliphatic hydroxyl groups is 1. The third kappa shape index (κ3) is 6.00. The first-order valence-corrected chi connectivity index (χ1v) is 8.72. The molecule has 0 atom stereocenters. The highest BCUT2D eigenvalue weighted by molar-refractivity contribution is 6.30. The molecule has 2 rings (SSSR count). The molecular weight excluding hydrogens is 385 g/mol. The lowest BCUT2D eigenvalue weighted by Crippen LogP contribution is -2.29. The molecule has 0 aliphatic rings. The normalized spacial score (nSPS) is 11.9. The number of aldehydes is 1. The minimum Gasteiger partial charge on any atom is -0.395 e. The molecule has 2 aromatic rings. The Balaban J connectivity index is 2.46. The lowest BCUT2D eigenvalue weighted by molar-refractivity contribution is -0.119. The number of hydrazone groups is 1. The fourth-order valence-corrected chi connectivity index (χ4v) is 2.39. The van der Waals surface area contributed by atoms with Gasteiger partial charge in [0.1, 0.15) is 5.82 Å². The Bertz CT molecular complexity index is 898. The second kappa shape index (κ2) is 10.3. The summed E-state index contributed by atoms with van der Waals surface area (Å²) in [6, 6.07) is 12.5. The number of nitrogens with one attached hydrogen (secondary N) is 1. The summed E-state index contributed by atoms with van der Waals surface area (Å²) in [5.74, 6) is -1.06. The quantitative estimate of drug-likeness (QED) is 0.177. The van der Waals surface area contributed by atoms with Gasteiger partial charge in [-0.1, -0.05) is 29.8 Å². The molecule has 0 spiro atoms. The molecule has 0 bridgehead atoms. The van der Waals surface area contributed by atoms with Crippen molar-refractivity contribution in [2.75, 3.05) is 25.2 Å². The van der Waals surface area contributed by atoms with Gasteiger partial charge >= 0.3 is 0 Å². The summed E-state index contributed by atoms with van der Waals surface area (Å²) < 4.78 is 13.5. The second-order valence-corrected chi connectivity index (χ2v) is 6.13. The zero-order chi connectivity index (χ0) is 20.5. The molecule has 0 aromatic heterocycles. The van der Waals surface area contributed by atoms with Gasteiger partial charge in [0.2, 0.25) is 0 Å². The van der Waals surface area contributed by atoms with Gasteiger partial charge in [0.15, 0.2) is 6.29 Å². The van der Waals surface area contributed by atoms with Crippen LogP contribution in [0, 0.1) is 5.82 Å². The fraction of sp³-hybridized carbons (Fsp3) is 0.150. The van der Waals surface area contributed by atoms with E-state index < -0.39 is 11.7 Å². The van der Waals surface area contributed by atoms with Crippen molar-refractivity contribution in [3.05, 3.63) is 76.6 Å². The zero-order valence-electron chi connectivity index (χ0n) is 15.1. The number of nitrogens with zero attached hydrogens (tertiary/aromatic N) is 2. The van der Waals surface area contributed by atoms with Crippen molar-refractivity contribution in [1.82, 2.24) is 5.32 Å². The van der Waals surface area contributed by atoms with Gasteiger partial charge in [-0.2, -0.15) is 5.10 Å². The smallest absolute Gasteiger partial charge is 0.254 e. The van der Waals surface area contributed by atoms with Gasteiger partial charge in [-0.05, 0) is 36.4 Å². The summed E-state index contributed by atoms with van der Waals surface area (Å²) >= 11 is 5.92. The van der Waals surface area contributed by atoms with Gasteiger partial charge in [0.05, 0.1) is 23.6 Å². The third-order valence-corrected chi connectivity index (χ3v) is 3.91. The molecule has 8 heteroatoms. The van der Waals surface area contributed by atoms with Crippen molar-refractivity contribution >= 4 is 35.2 Å². The van der Waals surface area contributed by atoms with Crippen LogP contribution < -0.4 is 10.3 Å². The van der Waals surface area contributed by atoms with Crippen LogP contribution in [-0.2, 0) is 9.59 Å². The Labute approximate surface area is 166 Å². The molecule has 28 heavy (non-hydrogen) atoms. The number of allylic oxidation sites excluding steroid dienone is 1. The number of carbonyl (C=O) groups excluding carboxylic acids is 2. The van der Waals surface area contributed by atoms with Crippen LogP contribution in [0.25, 0.3) is 0 Å². The van der Waals surface area contributed by atoms with Gasteiger partial charge in [0, 0.05) is 24.2 Å². The third-order valence-electron chi connectivity index (χ3n) is 3.66. The molecule has 0 heterocycles. The van der Waals surface area contributed by atoms with Crippen LogP contribution in [0.4, 0.5) is 10.1 Å². The molecule has 146 valence electrons. The van der Waals surface area contributed by atoms with E-state index in [-0.39, 0.29) is 18.7 Å². The average molecular weight is 404 g/mol. The van der Waals surface area contributed by atoms with E-state index in [2.05, 4.69) is 10.4 Å². The van der Waals surface area contributed by atoms with Gasteiger partial charge < -0.3 is 10.4 Å². The Morgan fingerprint density at radius 3 is 2.61 bits per heavy atom. The van der Waals surface area contributed by atoms with Crippen LogP contribution in [0.15, 0.2) is 65.3 Å². The van der Waals surface area contributed by atoms with E-state index in [1.807, 2.05) is 0 Å². The van der Waals surface area contributed by atoms with E-state index in [0.717, 1.165) is 0 Å². The molecule has 2 aromatic carbocycles. The minimum atomic E-state index is -0.640. The second-order valence-electron chi connectivity index (χ2n) is 5.69. The number of aliphatic hydroxyl groups excluding tert-OH is 1. The van der Waals surface area contributed by atoms with E-state index >= 15 is 0 Å². The molecule has 0 fully saturated rings. The summed E-state index contributed by atoms with van der Waals surface area (Å²) in [6.45, 7) is -0.237. The number of hydrogen-bond donors (Lipinski definition) is 2. The maximum atomic E-state index is 13.5. The highest BCUT2D eigenvalue weighted by Crippen LogP contribution is 2.17. The molecule has 0 saturated heterocycles. The van der Waals surface area contributed by atoms with E-state index in [1.54, 1.807) is 43.4 Å². The Morgan fingerprint density at radius 1 is 1.29 bits per heavy atom. The summed E-state index contributed by atoms with van der Waals surface area (Å²) in [7, 11) is 1.62. The maximum Gasteiger partial charge on any atom is 0.254 e. The lowest BCUT2D eigenvalue weighted by atomic mass is 10.1. The average Bonchev–Trinajstić information content (AvgIpc) is 2.69. The lowest BCUT2D eigenvalue weighted by Gasteiger charge is -2.15. The standard InChI is InChI=1S/C20H19ClFN3O3/c1-25(18-4-2-3-17(22)12-18)24-19(14-5-7-16(21)8-6-14)11-15(13-27)20(28)23-9-10-26/h2-8,11-13,26H,9-10H2,1H3,(H,23,28)/b15-11+,24-19+. The largest absolute Gasteiger partial charge is 0.395 e. The number of hydrogen-bond acceptors (Lipinski definition) is 5. The predicted octanol–water partition coefficient (Wildman–Crippen LogP) is 2.55. The molecular formula is C20H19ClFN3O3. The van der Waals surface area contributed by atoms with Crippen LogP contribution in [0.1, 0.15) is 5.56 Å². The molecule has 0 saturated carbocycles. The fourth-order valence-electron chi connectivity index (χ4n) is 2.26.